The summed E-state index contributed by atoms with van der Waals surface area (Å²) in [7, 11) is 0. The zero-order chi connectivity index (χ0) is 24.8. The van der Waals surface area contributed by atoms with Crippen molar-refractivity contribution in [2.75, 3.05) is 41.7 Å². The molecule has 10 nitrogen and oxygen atoms in total. The number of pyridine rings is 1. The van der Waals surface area contributed by atoms with Gasteiger partial charge >= 0.3 is 6.03 Å². The smallest absolute Gasteiger partial charge is 0.314 e. The number of aromatic nitrogens is 3. The van der Waals surface area contributed by atoms with Crippen LogP contribution in [0.5, 0.6) is 0 Å². The second-order valence-electron chi connectivity index (χ2n) is 8.64. The summed E-state index contributed by atoms with van der Waals surface area (Å²) in [5.74, 6) is 1.17. The molecule has 35 heavy (non-hydrogen) atoms. The van der Waals surface area contributed by atoms with Crippen molar-refractivity contribution in [1.29, 1.82) is 5.41 Å². The van der Waals surface area contributed by atoms with E-state index >= 15 is 0 Å². The number of anilines is 3. The molecule has 0 radical (unpaired) electrons. The zero-order valence-electron chi connectivity index (χ0n) is 20.3. The highest BCUT2D eigenvalue weighted by Crippen LogP contribution is 2.28. The van der Waals surface area contributed by atoms with Crippen molar-refractivity contribution in [3.8, 4) is 0 Å². The number of urea groups is 1. The number of amides is 2. The third-order valence-corrected chi connectivity index (χ3v) is 6.38. The Labute approximate surface area is 205 Å². The summed E-state index contributed by atoms with van der Waals surface area (Å²) in [6.45, 7) is 6.97. The van der Waals surface area contributed by atoms with Crippen LogP contribution in [0.25, 0.3) is 10.9 Å². The Kier molecular flexibility index (Phi) is 7.59. The van der Waals surface area contributed by atoms with Crippen LogP contribution >= 0.6 is 0 Å². The van der Waals surface area contributed by atoms with Gasteiger partial charge in [-0.25, -0.2) is 9.78 Å². The highest BCUT2D eigenvalue weighted by molar-refractivity contribution is 5.89. The number of nitrogens with two attached hydrogens (primary N) is 1. The first-order chi connectivity index (χ1) is 17.0. The van der Waals surface area contributed by atoms with Gasteiger partial charge in [0.25, 0.3) is 0 Å². The molecule has 2 amide bonds. The monoisotopic (exact) mass is 475 g/mol. The minimum atomic E-state index is -0.415. The molecule has 184 valence electrons. The molecule has 1 aliphatic heterocycles. The van der Waals surface area contributed by atoms with Crippen LogP contribution < -0.4 is 21.3 Å². The number of nitrogens with zero attached hydrogens (tertiary/aromatic N) is 5. The van der Waals surface area contributed by atoms with Gasteiger partial charge in [-0.1, -0.05) is 32.0 Å². The second kappa shape index (κ2) is 11.0. The summed E-state index contributed by atoms with van der Waals surface area (Å²) >= 11 is 0. The van der Waals surface area contributed by atoms with E-state index < -0.39 is 6.03 Å². The van der Waals surface area contributed by atoms with E-state index in [0.717, 1.165) is 35.0 Å². The van der Waals surface area contributed by atoms with E-state index in [2.05, 4.69) is 40.5 Å². The Morgan fingerprint density at radius 3 is 2.60 bits per heavy atom. The van der Waals surface area contributed by atoms with Crippen molar-refractivity contribution in [2.45, 2.75) is 39.3 Å². The maximum atomic E-state index is 11.5. The lowest BCUT2D eigenvalue weighted by molar-refractivity contribution is 0.204. The standard InChI is InChI=1S/C25H33N9O/c1-3-19(4-2)30-22-21(14-26)31-25(34-11-9-33(10-12-34)24(27)35)32-23(22)29-16-17-13-18-7-5-6-8-20(18)28-15-17/h5-8,13-15,19,26,30H,3-4,9-12,16H2,1-2H3,(H2,27,35)(H,29,31,32). The number of nitrogens with one attached hydrogen (secondary N) is 3. The highest BCUT2D eigenvalue weighted by Gasteiger charge is 2.24. The fourth-order valence-corrected chi connectivity index (χ4v) is 4.20. The minimum Gasteiger partial charge on any atom is -0.378 e. The molecule has 0 bridgehead atoms. The number of fused-ring (bicyclic) bond motifs is 1. The molecule has 10 heteroatoms. The lowest BCUT2D eigenvalue weighted by Crippen LogP contribution is -2.51. The van der Waals surface area contributed by atoms with Gasteiger partial charge in [0.1, 0.15) is 11.4 Å². The van der Waals surface area contributed by atoms with Crippen LogP contribution in [0.2, 0.25) is 0 Å². The van der Waals surface area contributed by atoms with Gasteiger partial charge in [0, 0.05) is 56.6 Å². The van der Waals surface area contributed by atoms with Crippen LogP contribution in [0.15, 0.2) is 36.5 Å². The average molecular weight is 476 g/mol. The van der Waals surface area contributed by atoms with Gasteiger partial charge in [0.2, 0.25) is 5.95 Å². The number of carbonyl (C=O) groups excluding carboxylic acids is 1. The van der Waals surface area contributed by atoms with Crippen molar-refractivity contribution < 1.29 is 4.79 Å². The van der Waals surface area contributed by atoms with Crippen molar-refractivity contribution in [3.05, 3.63) is 47.8 Å². The predicted octanol–water partition coefficient (Wildman–Crippen LogP) is 3.44. The first-order valence-electron chi connectivity index (χ1n) is 12.1. The van der Waals surface area contributed by atoms with Gasteiger partial charge in [0.05, 0.1) is 5.52 Å². The second-order valence-corrected chi connectivity index (χ2v) is 8.64. The summed E-state index contributed by atoms with van der Waals surface area (Å²) < 4.78 is 0. The van der Waals surface area contributed by atoms with Gasteiger partial charge in [-0.3, -0.25) is 4.98 Å². The van der Waals surface area contributed by atoms with Gasteiger partial charge < -0.3 is 31.6 Å². The highest BCUT2D eigenvalue weighted by atomic mass is 16.2. The summed E-state index contributed by atoms with van der Waals surface area (Å²) in [4.78, 5) is 29.2. The molecule has 0 aliphatic carbocycles. The third kappa shape index (κ3) is 5.59. The molecule has 3 heterocycles. The molecule has 1 saturated heterocycles. The van der Waals surface area contributed by atoms with Crippen LogP contribution in [0.4, 0.5) is 22.2 Å². The molecule has 0 unspecified atom stereocenters. The van der Waals surface area contributed by atoms with Crippen LogP contribution in [-0.2, 0) is 6.54 Å². The number of piperazine rings is 1. The third-order valence-electron chi connectivity index (χ3n) is 6.38. The molecule has 1 aliphatic rings. The number of hydrogen-bond donors (Lipinski definition) is 4. The Morgan fingerprint density at radius 1 is 1.17 bits per heavy atom. The van der Waals surface area contributed by atoms with E-state index in [1.54, 1.807) is 4.90 Å². The lowest BCUT2D eigenvalue weighted by atomic mass is 10.1. The summed E-state index contributed by atoms with van der Waals surface area (Å²) in [5, 5.41) is 16.1. The zero-order valence-corrected chi connectivity index (χ0v) is 20.3. The van der Waals surface area contributed by atoms with Gasteiger partial charge in [0.15, 0.2) is 5.82 Å². The Hall–Kier alpha value is -3.95. The van der Waals surface area contributed by atoms with E-state index in [9.17, 15) is 4.79 Å². The quantitative estimate of drug-likeness (QED) is 0.348. The Balaban J connectivity index is 1.63. The Morgan fingerprint density at radius 2 is 1.91 bits per heavy atom. The number of benzene rings is 1. The first kappa shape index (κ1) is 24.2. The normalized spacial score (nSPS) is 13.8. The fourth-order valence-electron chi connectivity index (χ4n) is 4.20. The van der Waals surface area contributed by atoms with E-state index in [1.807, 2.05) is 35.4 Å². The van der Waals surface area contributed by atoms with Crippen LogP contribution in [-0.4, -0.2) is 64.3 Å². The van der Waals surface area contributed by atoms with Gasteiger partial charge in [-0.2, -0.15) is 4.98 Å². The van der Waals surface area contributed by atoms with Crippen molar-refractivity contribution in [3.63, 3.8) is 0 Å². The molecular weight excluding hydrogens is 442 g/mol. The number of carbonyl (C=O) groups is 1. The number of para-hydroxylation sites is 1. The van der Waals surface area contributed by atoms with Crippen molar-refractivity contribution in [1.82, 2.24) is 19.9 Å². The van der Waals surface area contributed by atoms with Gasteiger partial charge in [-0.15, -0.1) is 0 Å². The molecule has 0 saturated carbocycles. The molecule has 1 fully saturated rings. The first-order valence-corrected chi connectivity index (χ1v) is 12.1. The molecule has 2 aromatic heterocycles. The van der Waals surface area contributed by atoms with Crippen molar-refractivity contribution in [2.24, 2.45) is 5.73 Å². The largest absolute Gasteiger partial charge is 0.378 e. The maximum Gasteiger partial charge on any atom is 0.314 e. The number of hydrogen-bond acceptors (Lipinski definition) is 8. The van der Waals surface area contributed by atoms with E-state index in [1.165, 1.54) is 6.21 Å². The van der Waals surface area contributed by atoms with E-state index in [-0.39, 0.29) is 6.04 Å². The summed E-state index contributed by atoms with van der Waals surface area (Å²) in [6.07, 6.45) is 5.02. The molecule has 3 aromatic rings. The lowest BCUT2D eigenvalue weighted by Gasteiger charge is -2.34. The average Bonchev–Trinajstić information content (AvgIpc) is 2.90. The van der Waals surface area contributed by atoms with E-state index in [4.69, 9.17) is 16.1 Å². The summed E-state index contributed by atoms with van der Waals surface area (Å²) in [6, 6.07) is 9.97. The summed E-state index contributed by atoms with van der Waals surface area (Å²) in [5.41, 5.74) is 8.67. The SMILES string of the molecule is CCC(CC)Nc1c(C=N)nc(N2CCN(C(N)=O)CC2)nc1NCc1cnc2ccccc2c1. The Bertz CT molecular complexity index is 1190. The number of rotatable bonds is 9. The maximum absolute atomic E-state index is 11.5. The molecule has 4 rings (SSSR count). The van der Waals surface area contributed by atoms with Crippen LogP contribution in [0.3, 0.4) is 0 Å². The van der Waals surface area contributed by atoms with Crippen LogP contribution in [0, 0.1) is 5.41 Å². The molecule has 5 N–H and O–H groups in total. The number of primary amides is 1. The van der Waals surface area contributed by atoms with Gasteiger partial charge in [-0.05, 0) is 30.5 Å². The van der Waals surface area contributed by atoms with Crippen LogP contribution in [0.1, 0.15) is 37.9 Å². The van der Waals surface area contributed by atoms with E-state index in [0.29, 0.717) is 50.2 Å². The molecule has 0 spiro atoms. The van der Waals surface area contributed by atoms with Crippen molar-refractivity contribution >= 4 is 40.6 Å². The molecule has 0 atom stereocenters. The molecule has 1 aromatic carbocycles. The minimum absolute atomic E-state index is 0.241. The molecular formula is C25H33N9O. The predicted molar refractivity (Wildman–Crippen MR) is 140 cm³/mol. The topological polar surface area (TPSA) is 136 Å². The fraction of sp³-hybridized carbons (Fsp3) is 0.400.